The molecule has 0 spiro atoms. The van der Waals surface area contributed by atoms with Gasteiger partial charge in [-0.05, 0) is 59.9 Å². The molecule has 37 heavy (non-hydrogen) atoms. The molecule has 4 rings (SSSR count). The standard InChI is InChI=1S/C31H38ClN3O2/c1-3-5-11-29-31(37)35(21-22(4-2)23-9-7-6-8-10-23)17-16-28(34-29)20-33-30(36)26-13-12-25-19-27(32)15-14-24(25)18-26/h6-10,12-15,18-19,22,28-29,34H,3-5,11,16-17,20-21H2,1-2H3,(H,33,36). The van der Waals surface area contributed by atoms with E-state index in [0.29, 0.717) is 29.6 Å². The Morgan fingerprint density at radius 1 is 1.08 bits per heavy atom. The zero-order chi connectivity index (χ0) is 26.2. The number of benzene rings is 3. The lowest BCUT2D eigenvalue weighted by Crippen LogP contribution is -2.49. The van der Waals surface area contributed by atoms with Crippen molar-refractivity contribution in [1.82, 2.24) is 15.5 Å². The molecule has 6 heteroatoms. The third-order valence-corrected chi connectivity index (χ3v) is 7.65. The van der Waals surface area contributed by atoms with Gasteiger partial charge in [0.2, 0.25) is 5.91 Å². The van der Waals surface area contributed by atoms with E-state index in [-0.39, 0.29) is 23.9 Å². The Kier molecular flexibility index (Phi) is 9.59. The summed E-state index contributed by atoms with van der Waals surface area (Å²) in [6, 6.07) is 21.6. The van der Waals surface area contributed by atoms with Gasteiger partial charge in [0, 0.05) is 42.2 Å². The van der Waals surface area contributed by atoms with Gasteiger partial charge >= 0.3 is 0 Å². The van der Waals surface area contributed by atoms with E-state index in [0.717, 1.165) is 49.4 Å². The van der Waals surface area contributed by atoms with Gasteiger partial charge in [-0.25, -0.2) is 0 Å². The normalized spacial score (nSPS) is 19.0. The van der Waals surface area contributed by atoms with Crippen molar-refractivity contribution in [1.29, 1.82) is 0 Å². The van der Waals surface area contributed by atoms with E-state index in [2.05, 4.69) is 48.7 Å². The van der Waals surface area contributed by atoms with Crippen LogP contribution in [0.4, 0.5) is 0 Å². The monoisotopic (exact) mass is 519 g/mol. The van der Waals surface area contributed by atoms with Gasteiger partial charge in [-0.15, -0.1) is 0 Å². The fourth-order valence-corrected chi connectivity index (χ4v) is 5.36. The predicted octanol–water partition coefficient (Wildman–Crippen LogP) is 6.17. The SMILES string of the molecule is CCCCC1NC(CNC(=O)c2ccc3cc(Cl)ccc3c2)CCN(CC(CC)c2ccccc2)C1=O. The second kappa shape index (κ2) is 13.1. The molecule has 3 unspecified atom stereocenters. The molecule has 0 bridgehead atoms. The lowest BCUT2D eigenvalue weighted by Gasteiger charge is -2.28. The smallest absolute Gasteiger partial charge is 0.251 e. The number of carbonyl (C=O) groups excluding carboxylic acids is 2. The van der Waals surface area contributed by atoms with Gasteiger partial charge in [0.15, 0.2) is 0 Å². The number of nitrogens with one attached hydrogen (secondary N) is 2. The quantitative estimate of drug-likeness (QED) is 0.337. The van der Waals surface area contributed by atoms with Crippen molar-refractivity contribution >= 4 is 34.2 Å². The molecule has 5 nitrogen and oxygen atoms in total. The van der Waals surface area contributed by atoms with E-state index in [9.17, 15) is 9.59 Å². The number of hydrogen-bond donors (Lipinski definition) is 2. The molecule has 3 atom stereocenters. The minimum Gasteiger partial charge on any atom is -0.350 e. The lowest BCUT2D eigenvalue weighted by atomic mass is 9.95. The summed E-state index contributed by atoms with van der Waals surface area (Å²) in [6.45, 7) is 6.24. The molecule has 0 aromatic heterocycles. The molecule has 1 aliphatic heterocycles. The molecule has 1 saturated heterocycles. The maximum atomic E-state index is 13.6. The van der Waals surface area contributed by atoms with Crippen LogP contribution in [0.5, 0.6) is 0 Å². The minimum absolute atomic E-state index is 0.0378. The second-order valence-corrected chi connectivity index (χ2v) is 10.5. The van der Waals surface area contributed by atoms with E-state index < -0.39 is 0 Å². The number of fused-ring (bicyclic) bond motifs is 1. The molecule has 3 aromatic carbocycles. The molecule has 0 aliphatic carbocycles. The van der Waals surface area contributed by atoms with Crippen LogP contribution in [-0.2, 0) is 4.79 Å². The molecule has 196 valence electrons. The first-order valence-corrected chi connectivity index (χ1v) is 13.9. The summed E-state index contributed by atoms with van der Waals surface area (Å²) in [7, 11) is 0. The Morgan fingerprint density at radius 3 is 2.59 bits per heavy atom. The first kappa shape index (κ1) is 27.2. The number of amides is 2. The molecular formula is C31H38ClN3O2. The molecule has 2 amide bonds. The molecule has 1 fully saturated rings. The second-order valence-electron chi connectivity index (χ2n) is 10.1. The van der Waals surface area contributed by atoms with E-state index in [1.165, 1.54) is 5.56 Å². The number of carbonyl (C=O) groups is 2. The van der Waals surface area contributed by atoms with Crippen LogP contribution in [0.3, 0.4) is 0 Å². The van der Waals surface area contributed by atoms with Crippen molar-refractivity contribution in [3.63, 3.8) is 0 Å². The third-order valence-electron chi connectivity index (χ3n) is 7.42. The largest absolute Gasteiger partial charge is 0.350 e. The average molecular weight is 520 g/mol. The zero-order valence-electron chi connectivity index (χ0n) is 21.9. The van der Waals surface area contributed by atoms with E-state index in [1.807, 2.05) is 47.4 Å². The lowest BCUT2D eigenvalue weighted by molar-refractivity contribution is -0.133. The number of unbranched alkanes of at least 4 members (excludes halogenated alkanes) is 1. The first-order valence-electron chi connectivity index (χ1n) is 13.6. The highest BCUT2D eigenvalue weighted by Gasteiger charge is 2.31. The summed E-state index contributed by atoms with van der Waals surface area (Å²) in [5.41, 5.74) is 1.90. The van der Waals surface area contributed by atoms with Crippen LogP contribution in [0.2, 0.25) is 5.02 Å². The van der Waals surface area contributed by atoms with Gasteiger partial charge < -0.3 is 15.5 Å². The van der Waals surface area contributed by atoms with E-state index in [4.69, 9.17) is 11.6 Å². The van der Waals surface area contributed by atoms with Crippen molar-refractivity contribution in [3.05, 3.63) is 82.9 Å². The average Bonchev–Trinajstić information content (AvgIpc) is 3.07. The maximum absolute atomic E-state index is 13.6. The summed E-state index contributed by atoms with van der Waals surface area (Å²) in [5.74, 6) is 0.396. The maximum Gasteiger partial charge on any atom is 0.251 e. The van der Waals surface area contributed by atoms with Gasteiger partial charge in [0.1, 0.15) is 0 Å². The van der Waals surface area contributed by atoms with Crippen LogP contribution in [0.1, 0.15) is 67.8 Å². The number of halogens is 1. The summed E-state index contributed by atoms with van der Waals surface area (Å²) in [5, 5.41) is 9.35. The van der Waals surface area contributed by atoms with Crippen molar-refractivity contribution < 1.29 is 9.59 Å². The number of rotatable bonds is 10. The van der Waals surface area contributed by atoms with Crippen LogP contribution < -0.4 is 10.6 Å². The summed E-state index contributed by atoms with van der Waals surface area (Å²) < 4.78 is 0. The van der Waals surface area contributed by atoms with Gasteiger partial charge in [-0.2, -0.15) is 0 Å². The van der Waals surface area contributed by atoms with E-state index in [1.54, 1.807) is 0 Å². The molecular weight excluding hydrogens is 482 g/mol. The van der Waals surface area contributed by atoms with Crippen LogP contribution >= 0.6 is 11.6 Å². The Morgan fingerprint density at radius 2 is 1.84 bits per heavy atom. The number of nitrogens with zero attached hydrogens (tertiary/aromatic N) is 1. The third kappa shape index (κ3) is 7.12. The molecule has 2 N–H and O–H groups in total. The highest BCUT2D eigenvalue weighted by atomic mass is 35.5. The molecule has 0 radical (unpaired) electrons. The molecule has 0 saturated carbocycles. The summed E-state index contributed by atoms with van der Waals surface area (Å²) in [4.78, 5) is 28.6. The Bertz CT molecular complexity index is 1200. The minimum atomic E-state index is -0.219. The van der Waals surface area contributed by atoms with Crippen molar-refractivity contribution in [2.45, 2.75) is 64.0 Å². The topological polar surface area (TPSA) is 61.4 Å². The van der Waals surface area contributed by atoms with Crippen molar-refractivity contribution in [3.8, 4) is 0 Å². The van der Waals surface area contributed by atoms with Gasteiger partial charge in [0.05, 0.1) is 6.04 Å². The van der Waals surface area contributed by atoms with Crippen LogP contribution in [0.25, 0.3) is 10.8 Å². The zero-order valence-corrected chi connectivity index (χ0v) is 22.6. The Labute approximate surface area is 225 Å². The van der Waals surface area contributed by atoms with Crippen molar-refractivity contribution in [2.75, 3.05) is 19.6 Å². The fraction of sp³-hybridized carbons (Fsp3) is 0.419. The molecule has 1 heterocycles. The fourth-order valence-electron chi connectivity index (χ4n) is 5.18. The first-order chi connectivity index (χ1) is 18.0. The predicted molar refractivity (Wildman–Crippen MR) is 152 cm³/mol. The Balaban J connectivity index is 1.42. The number of hydrogen-bond acceptors (Lipinski definition) is 3. The highest BCUT2D eigenvalue weighted by Crippen LogP contribution is 2.23. The van der Waals surface area contributed by atoms with Gasteiger partial charge in [-0.3, -0.25) is 9.59 Å². The Hall–Kier alpha value is -2.89. The van der Waals surface area contributed by atoms with Crippen LogP contribution in [0, 0.1) is 0 Å². The van der Waals surface area contributed by atoms with Gasteiger partial charge in [-0.1, -0.05) is 80.8 Å². The van der Waals surface area contributed by atoms with Crippen LogP contribution in [0.15, 0.2) is 66.7 Å². The summed E-state index contributed by atoms with van der Waals surface area (Å²) >= 11 is 6.09. The van der Waals surface area contributed by atoms with Crippen LogP contribution in [-0.4, -0.2) is 48.4 Å². The molecule has 3 aromatic rings. The van der Waals surface area contributed by atoms with Crippen molar-refractivity contribution in [2.24, 2.45) is 0 Å². The summed E-state index contributed by atoms with van der Waals surface area (Å²) in [6.07, 6.45) is 4.63. The van der Waals surface area contributed by atoms with E-state index >= 15 is 0 Å². The molecule has 1 aliphatic rings. The highest BCUT2D eigenvalue weighted by molar-refractivity contribution is 6.31. The van der Waals surface area contributed by atoms with Gasteiger partial charge in [0.25, 0.3) is 5.91 Å².